The van der Waals surface area contributed by atoms with Crippen LogP contribution in [0.1, 0.15) is 21.5 Å². The van der Waals surface area contributed by atoms with Crippen LogP contribution in [0.15, 0.2) is 42.5 Å². The van der Waals surface area contributed by atoms with Crippen molar-refractivity contribution in [1.82, 2.24) is 0 Å². The highest BCUT2D eigenvalue weighted by Gasteiger charge is 2.44. The summed E-state index contributed by atoms with van der Waals surface area (Å²) in [5.41, 5.74) is 0.586. The minimum Gasteiger partial charge on any atom is -0.507 e. The number of ether oxygens (including phenoxy) is 2. The number of carbonyl (C=O) groups is 1. The van der Waals surface area contributed by atoms with Gasteiger partial charge in [0, 0.05) is 6.07 Å². The topological polar surface area (TPSA) is 157 Å². The van der Waals surface area contributed by atoms with E-state index in [1.165, 1.54) is 12.1 Å². The molecule has 0 spiro atoms. The first-order valence-corrected chi connectivity index (χ1v) is 9.12. The molecule has 160 valence electrons. The van der Waals surface area contributed by atoms with Crippen molar-refractivity contribution < 1.29 is 44.9 Å². The Morgan fingerprint density at radius 1 is 1.03 bits per heavy atom. The lowest BCUT2D eigenvalue weighted by molar-refractivity contribution is -0.277. The second-order valence-electron chi connectivity index (χ2n) is 6.77. The van der Waals surface area contributed by atoms with Gasteiger partial charge in [0.05, 0.1) is 6.61 Å². The summed E-state index contributed by atoms with van der Waals surface area (Å²) >= 11 is 0. The van der Waals surface area contributed by atoms with E-state index in [2.05, 4.69) is 0 Å². The predicted octanol–water partition coefficient (Wildman–Crippen LogP) is 0.439. The molecule has 5 unspecified atom stereocenters. The summed E-state index contributed by atoms with van der Waals surface area (Å²) in [6.07, 6.45) is -4.33. The largest absolute Gasteiger partial charge is 0.507 e. The zero-order valence-corrected chi connectivity index (χ0v) is 15.7. The van der Waals surface area contributed by atoms with Crippen LogP contribution < -0.4 is 4.74 Å². The second-order valence-corrected chi connectivity index (χ2v) is 6.77. The number of aromatic carboxylic acids is 1. The Morgan fingerprint density at radius 2 is 1.73 bits per heavy atom. The summed E-state index contributed by atoms with van der Waals surface area (Å²) in [6, 6.07) is 11.4. The summed E-state index contributed by atoms with van der Waals surface area (Å²) in [6.45, 7) is -0.626. The van der Waals surface area contributed by atoms with Gasteiger partial charge < -0.3 is 40.1 Å². The molecule has 1 aliphatic rings. The molecule has 1 saturated heterocycles. The van der Waals surface area contributed by atoms with Crippen LogP contribution in [0.2, 0.25) is 0 Å². The smallest absolute Gasteiger partial charge is 0.340 e. The molecular weight excluding hydrogens is 396 g/mol. The highest BCUT2D eigenvalue weighted by atomic mass is 16.7. The fourth-order valence-electron chi connectivity index (χ4n) is 3.10. The fourth-order valence-corrected chi connectivity index (χ4v) is 3.10. The van der Waals surface area contributed by atoms with Crippen LogP contribution in [0.3, 0.4) is 0 Å². The SMILES string of the molecule is O=C(O)c1c(O)cc(OC2OC(CO)C(O)C(O)C2O)cc1/C=C/c1ccccc1. The van der Waals surface area contributed by atoms with Crippen LogP contribution in [-0.2, 0) is 4.74 Å². The molecule has 2 aromatic carbocycles. The van der Waals surface area contributed by atoms with E-state index in [9.17, 15) is 35.4 Å². The monoisotopic (exact) mass is 418 g/mol. The third-order valence-electron chi connectivity index (χ3n) is 4.69. The Morgan fingerprint density at radius 3 is 2.37 bits per heavy atom. The number of aromatic hydroxyl groups is 1. The number of rotatable bonds is 6. The fraction of sp³-hybridized carbons (Fsp3) is 0.286. The molecule has 0 bridgehead atoms. The zero-order chi connectivity index (χ0) is 21.8. The maximum Gasteiger partial charge on any atom is 0.340 e. The number of hydrogen-bond acceptors (Lipinski definition) is 8. The van der Waals surface area contributed by atoms with Gasteiger partial charge in [-0.15, -0.1) is 0 Å². The van der Waals surface area contributed by atoms with Gasteiger partial charge in [-0.05, 0) is 17.2 Å². The average molecular weight is 418 g/mol. The maximum atomic E-state index is 11.6. The van der Waals surface area contributed by atoms with Crippen molar-refractivity contribution in [2.75, 3.05) is 6.61 Å². The molecule has 0 aliphatic carbocycles. The summed E-state index contributed by atoms with van der Waals surface area (Å²) in [5.74, 6) is -1.97. The summed E-state index contributed by atoms with van der Waals surface area (Å²) in [4.78, 5) is 11.6. The molecule has 1 aliphatic heterocycles. The van der Waals surface area contributed by atoms with Gasteiger partial charge in [-0.25, -0.2) is 4.79 Å². The normalized spacial score (nSPS) is 26.6. The maximum absolute atomic E-state index is 11.6. The molecule has 6 N–H and O–H groups in total. The molecule has 0 amide bonds. The minimum atomic E-state index is -1.65. The van der Waals surface area contributed by atoms with Gasteiger partial charge in [0.1, 0.15) is 41.5 Å². The van der Waals surface area contributed by atoms with Crippen LogP contribution in [-0.4, -0.2) is 73.9 Å². The van der Waals surface area contributed by atoms with Gasteiger partial charge in [0.25, 0.3) is 0 Å². The first-order valence-electron chi connectivity index (χ1n) is 9.12. The second kappa shape index (κ2) is 9.24. The average Bonchev–Trinajstić information content (AvgIpc) is 2.72. The van der Waals surface area contributed by atoms with Crippen LogP contribution >= 0.6 is 0 Å². The first kappa shape index (κ1) is 21.8. The Kier molecular flexibility index (Phi) is 6.70. The molecule has 1 heterocycles. The van der Waals surface area contributed by atoms with Crippen molar-refractivity contribution in [2.45, 2.75) is 30.7 Å². The van der Waals surface area contributed by atoms with Crippen LogP contribution in [0.5, 0.6) is 11.5 Å². The van der Waals surface area contributed by atoms with E-state index in [1.54, 1.807) is 6.08 Å². The number of benzene rings is 2. The van der Waals surface area contributed by atoms with Crippen molar-refractivity contribution in [3.63, 3.8) is 0 Å². The van der Waals surface area contributed by atoms with E-state index in [1.807, 2.05) is 30.3 Å². The predicted molar refractivity (Wildman–Crippen MR) is 105 cm³/mol. The number of phenols is 1. The molecule has 5 atom stereocenters. The summed E-state index contributed by atoms with van der Waals surface area (Å²) in [5, 5.41) is 58.7. The van der Waals surface area contributed by atoms with E-state index in [-0.39, 0.29) is 16.9 Å². The molecule has 9 nitrogen and oxygen atoms in total. The Labute approximate surface area is 171 Å². The van der Waals surface area contributed by atoms with Crippen LogP contribution in [0.25, 0.3) is 12.2 Å². The molecule has 30 heavy (non-hydrogen) atoms. The number of carboxylic acid groups (broad SMARTS) is 1. The summed E-state index contributed by atoms with van der Waals surface area (Å²) in [7, 11) is 0. The quantitative estimate of drug-likeness (QED) is 0.366. The zero-order valence-electron chi connectivity index (χ0n) is 15.7. The number of carboxylic acids is 1. The van der Waals surface area contributed by atoms with E-state index in [0.717, 1.165) is 11.6 Å². The van der Waals surface area contributed by atoms with Crippen molar-refractivity contribution in [3.8, 4) is 11.5 Å². The molecule has 0 aromatic heterocycles. The van der Waals surface area contributed by atoms with Crippen molar-refractivity contribution in [2.24, 2.45) is 0 Å². The lowest BCUT2D eigenvalue weighted by Gasteiger charge is -2.39. The third kappa shape index (κ3) is 4.61. The molecular formula is C21H22O9. The van der Waals surface area contributed by atoms with Gasteiger partial charge in [0.15, 0.2) is 0 Å². The lowest BCUT2D eigenvalue weighted by Crippen LogP contribution is -2.60. The van der Waals surface area contributed by atoms with Crippen LogP contribution in [0.4, 0.5) is 0 Å². The van der Waals surface area contributed by atoms with E-state index in [0.29, 0.717) is 0 Å². The van der Waals surface area contributed by atoms with Gasteiger partial charge in [-0.3, -0.25) is 0 Å². The van der Waals surface area contributed by atoms with Crippen molar-refractivity contribution in [3.05, 3.63) is 59.2 Å². The highest BCUT2D eigenvalue weighted by Crippen LogP contribution is 2.32. The highest BCUT2D eigenvalue weighted by molar-refractivity contribution is 5.96. The van der Waals surface area contributed by atoms with Gasteiger partial charge in [-0.1, -0.05) is 42.5 Å². The molecule has 3 rings (SSSR count). The molecule has 0 saturated carbocycles. The molecule has 1 fully saturated rings. The minimum absolute atomic E-state index is 0.0467. The van der Waals surface area contributed by atoms with Gasteiger partial charge in [-0.2, -0.15) is 0 Å². The lowest BCUT2D eigenvalue weighted by atomic mass is 9.99. The van der Waals surface area contributed by atoms with Crippen molar-refractivity contribution in [1.29, 1.82) is 0 Å². The number of aliphatic hydroxyl groups is 4. The van der Waals surface area contributed by atoms with Crippen molar-refractivity contribution >= 4 is 18.1 Å². The van der Waals surface area contributed by atoms with E-state index >= 15 is 0 Å². The van der Waals surface area contributed by atoms with Gasteiger partial charge >= 0.3 is 5.97 Å². The third-order valence-corrected chi connectivity index (χ3v) is 4.69. The van der Waals surface area contributed by atoms with E-state index in [4.69, 9.17) is 9.47 Å². The van der Waals surface area contributed by atoms with E-state index < -0.39 is 49.0 Å². The summed E-state index contributed by atoms with van der Waals surface area (Å²) < 4.78 is 10.8. The standard InChI is InChI=1S/C21H22O9/c22-10-15-17(24)18(25)19(26)21(30-15)29-13-8-12(16(20(27)28)14(23)9-13)7-6-11-4-2-1-3-5-11/h1-9,15,17-19,21-26H,10H2,(H,27,28)/b7-6+. The van der Waals surface area contributed by atoms with Crippen LogP contribution in [0, 0.1) is 0 Å². The first-order chi connectivity index (χ1) is 14.3. The van der Waals surface area contributed by atoms with Gasteiger partial charge in [0.2, 0.25) is 6.29 Å². The molecule has 0 radical (unpaired) electrons. The Bertz CT molecular complexity index is 910. The number of hydrogen-bond donors (Lipinski definition) is 6. The Balaban J connectivity index is 1.91. The Hall–Kier alpha value is -2.95. The molecule has 2 aromatic rings. The molecule has 9 heteroatoms. The number of aliphatic hydroxyl groups excluding tert-OH is 4.